The molecule has 2 heteroatoms. The predicted molar refractivity (Wildman–Crippen MR) is 152 cm³/mol. The van der Waals surface area contributed by atoms with Crippen LogP contribution < -0.4 is 5.32 Å². The van der Waals surface area contributed by atoms with E-state index in [1.807, 2.05) is 11.3 Å². The van der Waals surface area contributed by atoms with Gasteiger partial charge in [0.05, 0.1) is 0 Å². The number of fused-ring (bicyclic) bond motifs is 6. The molecule has 1 N–H and O–H groups in total. The lowest BCUT2D eigenvalue weighted by Gasteiger charge is -2.22. The molecule has 0 amide bonds. The van der Waals surface area contributed by atoms with Crippen LogP contribution in [0.25, 0.3) is 42.4 Å². The molecule has 0 spiro atoms. The molecule has 1 nitrogen and oxygen atoms in total. The van der Waals surface area contributed by atoms with Crippen molar-refractivity contribution >= 4 is 42.9 Å². The summed E-state index contributed by atoms with van der Waals surface area (Å²) < 4.78 is 2.65. The van der Waals surface area contributed by atoms with E-state index in [2.05, 4.69) is 128 Å². The molecule has 35 heavy (non-hydrogen) atoms. The monoisotopic (exact) mass is 467 g/mol. The van der Waals surface area contributed by atoms with Crippen molar-refractivity contribution in [1.29, 1.82) is 0 Å². The first-order valence-corrected chi connectivity index (χ1v) is 12.9. The first kappa shape index (κ1) is 20.5. The maximum Gasteiger partial charge on any atom is 0.0478 e. The van der Waals surface area contributed by atoms with Crippen molar-refractivity contribution in [2.45, 2.75) is 19.3 Å². The third-order valence-corrected chi connectivity index (χ3v) is 8.60. The summed E-state index contributed by atoms with van der Waals surface area (Å²) in [7, 11) is 0. The van der Waals surface area contributed by atoms with Crippen LogP contribution in [0, 0.1) is 0 Å². The molecule has 168 valence electrons. The van der Waals surface area contributed by atoms with E-state index in [1.54, 1.807) is 0 Å². The summed E-state index contributed by atoms with van der Waals surface area (Å²) in [6, 6.07) is 39.7. The number of anilines is 2. The van der Waals surface area contributed by atoms with E-state index in [-0.39, 0.29) is 5.41 Å². The Bertz CT molecular complexity index is 1740. The standard InChI is InChI=1S/C33H25NS/c1-33(2)26-14-8-13-23(21-10-4-3-5-11-21)31(26)24-19-18-22(20-27(24)33)34-28-15-9-17-30-32(28)25-12-6-7-16-29(25)35-30/h3-20,34H,1-2H3. The van der Waals surface area contributed by atoms with Crippen molar-refractivity contribution in [2.24, 2.45) is 0 Å². The Morgan fingerprint density at radius 2 is 1.40 bits per heavy atom. The molecule has 7 rings (SSSR count). The number of rotatable bonds is 3. The van der Waals surface area contributed by atoms with E-state index in [1.165, 1.54) is 53.6 Å². The van der Waals surface area contributed by atoms with Crippen LogP contribution in [0.15, 0.2) is 109 Å². The van der Waals surface area contributed by atoms with Gasteiger partial charge in [0.15, 0.2) is 0 Å². The second-order valence-corrected chi connectivity index (χ2v) is 11.0. The van der Waals surface area contributed by atoms with Crippen LogP contribution in [0.1, 0.15) is 25.0 Å². The molecule has 0 atom stereocenters. The Morgan fingerprint density at radius 1 is 0.629 bits per heavy atom. The van der Waals surface area contributed by atoms with Crippen LogP contribution in [-0.4, -0.2) is 0 Å². The molecule has 1 aliphatic rings. The highest BCUT2D eigenvalue weighted by Gasteiger charge is 2.37. The number of hydrogen-bond acceptors (Lipinski definition) is 2. The van der Waals surface area contributed by atoms with Gasteiger partial charge in [-0.25, -0.2) is 0 Å². The summed E-state index contributed by atoms with van der Waals surface area (Å²) >= 11 is 1.86. The zero-order valence-corrected chi connectivity index (χ0v) is 20.6. The second kappa shape index (κ2) is 7.56. The fourth-order valence-electron chi connectivity index (χ4n) is 5.76. The average Bonchev–Trinajstić information content (AvgIpc) is 3.38. The minimum absolute atomic E-state index is 0.0613. The van der Waals surface area contributed by atoms with Crippen LogP contribution in [0.2, 0.25) is 0 Å². The van der Waals surface area contributed by atoms with Crippen LogP contribution in [0.3, 0.4) is 0 Å². The van der Waals surface area contributed by atoms with Gasteiger partial charge in [-0.2, -0.15) is 0 Å². The summed E-state index contributed by atoms with van der Waals surface area (Å²) in [6.07, 6.45) is 0. The van der Waals surface area contributed by atoms with Crippen molar-refractivity contribution in [1.82, 2.24) is 0 Å². The van der Waals surface area contributed by atoms with Crippen LogP contribution >= 0.6 is 11.3 Å². The Kier molecular flexibility index (Phi) is 4.43. The summed E-state index contributed by atoms with van der Waals surface area (Å²) in [5, 5.41) is 6.40. The van der Waals surface area contributed by atoms with Gasteiger partial charge in [0.2, 0.25) is 0 Å². The van der Waals surface area contributed by atoms with E-state index in [9.17, 15) is 0 Å². The molecule has 0 fully saturated rings. The first-order valence-electron chi connectivity index (χ1n) is 12.1. The normalized spacial score (nSPS) is 13.7. The summed E-state index contributed by atoms with van der Waals surface area (Å²) in [4.78, 5) is 0. The number of benzene rings is 5. The van der Waals surface area contributed by atoms with E-state index in [4.69, 9.17) is 0 Å². The lowest BCUT2D eigenvalue weighted by atomic mass is 9.82. The molecule has 6 aromatic rings. The van der Waals surface area contributed by atoms with Crippen LogP contribution in [-0.2, 0) is 5.41 Å². The summed E-state index contributed by atoms with van der Waals surface area (Å²) in [5.74, 6) is 0. The number of hydrogen-bond donors (Lipinski definition) is 1. The molecule has 0 radical (unpaired) electrons. The van der Waals surface area contributed by atoms with Gasteiger partial charge in [-0.15, -0.1) is 11.3 Å². The molecule has 0 saturated heterocycles. The molecule has 5 aromatic carbocycles. The number of nitrogens with one attached hydrogen (secondary N) is 1. The molecule has 0 aliphatic heterocycles. The van der Waals surface area contributed by atoms with Gasteiger partial charge < -0.3 is 5.32 Å². The lowest BCUT2D eigenvalue weighted by molar-refractivity contribution is 0.661. The van der Waals surface area contributed by atoms with E-state index in [0.29, 0.717) is 0 Å². The van der Waals surface area contributed by atoms with E-state index >= 15 is 0 Å². The summed E-state index contributed by atoms with van der Waals surface area (Å²) in [5.41, 5.74) is 10.3. The zero-order valence-electron chi connectivity index (χ0n) is 19.8. The third kappa shape index (κ3) is 3.07. The molecule has 1 aliphatic carbocycles. The summed E-state index contributed by atoms with van der Waals surface area (Å²) in [6.45, 7) is 4.70. The quantitative estimate of drug-likeness (QED) is 0.273. The minimum atomic E-state index is -0.0613. The van der Waals surface area contributed by atoms with Crippen molar-refractivity contribution in [2.75, 3.05) is 5.32 Å². The van der Waals surface area contributed by atoms with Crippen molar-refractivity contribution < 1.29 is 0 Å². The SMILES string of the molecule is CC1(C)c2cc(Nc3cccc4sc5ccccc5c34)ccc2-c2c(-c3ccccc3)cccc21. The van der Waals surface area contributed by atoms with Crippen molar-refractivity contribution in [3.05, 3.63) is 120 Å². The second-order valence-electron chi connectivity index (χ2n) is 9.88. The van der Waals surface area contributed by atoms with Gasteiger partial charge in [-0.05, 0) is 63.7 Å². The highest BCUT2D eigenvalue weighted by molar-refractivity contribution is 7.25. The molecule has 1 aromatic heterocycles. The van der Waals surface area contributed by atoms with Gasteiger partial charge >= 0.3 is 0 Å². The van der Waals surface area contributed by atoms with Gasteiger partial charge in [0.1, 0.15) is 0 Å². The Hall–Kier alpha value is -3.88. The van der Waals surface area contributed by atoms with E-state index in [0.717, 1.165) is 11.4 Å². The number of thiophene rings is 1. The molecule has 1 heterocycles. The van der Waals surface area contributed by atoms with Crippen molar-refractivity contribution in [3.8, 4) is 22.3 Å². The molecular weight excluding hydrogens is 442 g/mol. The van der Waals surface area contributed by atoms with Gasteiger partial charge in [-0.1, -0.05) is 92.7 Å². The smallest absolute Gasteiger partial charge is 0.0478 e. The molecular formula is C33H25NS. The van der Waals surface area contributed by atoms with Crippen LogP contribution in [0.5, 0.6) is 0 Å². The topological polar surface area (TPSA) is 12.0 Å². The van der Waals surface area contributed by atoms with Crippen molar-refractivity contribution in [3.63, 3.8) is 0 Å². The third-order valence-electron chi connectivity index (χ3n) is 7.47. The zero-order chi connectivity index (χ0) is 23.6. The molecule has 0 unspecified atom stereocenters. The van der Waals surface area contributed by atoms with Crippen LogP contribution in [0.4, 0.5) is 11.4 Å². The predicted octanol–water partition coefficient (Wildman–Crippen LogP) is 9.77. The van der Waals surface area contributed by atoms with Gasteiger partial charge in [0, 0.05) is 37.0 Å². The van der Waals surface area contributed by atoms with Gasteiger partial charge in [-0.3, -0.25) is 0 Å². The maximum atomic E-state index is 3.77. The van der Waals surface area contributed by atoms with Gasteiger partial charge in [0.25, 0.3) is 0 Å². The Morgan fingerprint density at radius 3 is 2.29 bits per heavy atom. The fraction of sp³-hybridized carbons (Fsp3) is 0.0909. The largest absolute Gasteiger partial charge is 0.355 e. The van der Waals surface area contributed by atoms with E-state index < -0.39 is 0 Å². The Balaban J connectivity index is 1.36. The Labute approximate surface area is 209 Å². The molecule has 0 bridgehead atoms. The average molecular weight is 468 g/mol. The first-order chi connectivity index (χ1) is 17.1. The minimum Gasteiger partial charge on any atom is -0.355 e. The lowest BCUT2D eigenvalue weighted by Crippen LogP contribution is -2.15. The highest BCUT2D eigenvalue weighted by Crippen LogP contribution is 2.53. The maximum absolute atomic E-state index is 3.77. The molecule has 0 saturated carbocycles. The fourth-order valence-corrected chi connectivity index (χ4v) is 6.89. The highest BCUT2D eigenvalue weighted by atomic mass is 32.1.